The summed E-state index contributed by atoms with van der Waals surface area (Å²) in [6.07, 6.45) is 0.0424. The Morgan fingerprint density at radius 2 is 1.87 bits per heavy atom. The number of nitrogens with zero attached hydrogens (tertiary/aromatic N) is 4. The lowest BCUT2D eigenvalue weighted by Crippen LogP contribution is -2.39. The molecule has 4 rings (SSSR count). The van der Waals surface area contributed by atoms with Gasteiger partial charge in [-0.25, -0.2) is 9.78 Å². The Morgan fingerprint density at radius 1 is 1.13 bits per heavy atom. The molecular formula is C29H26N4O5S. The SMILES string of the molecule is CCOC(=O)CC(C)N(C(=O)O)c1cccc(-c2ccc3c(c2)ncc(=O)n3CSc2ccc(C#N)cc2)c1. The molecule has 0 spiro atoms. The fraction of sp³-hybridized carbons (Fsp3) is 0.207. The number of rotatable bonds is 9. The van der Waals surface area contributed by atoms with Gasteiger partial charge in [-0.2, -0.15) is 5.26 Å². The summed E-state index contributed by atoms with van der Waals surface area (Å²) in [7, 11) is 0. The summed E-state index contributed by atoms with van der Waals surface area (Å²) >= 11 is 1.47. The van der Waals surface area contributed by atoms with E-state index in [1.54, 1.807) is 48.7 Å². The van der Waals surface area contributed by atoms with E-state index in [9.17, 15) is 19.5 Å². The maximum atomic E-state index is 12.6. The molecule has 198 valence electrons. The lowest BCUT2D eigenvalue weighted by atomic mass is 10.0. The second kappa shape index (κ2) is 12.3. The van der Waals surface area contributed by atoms with Crippen molar-refractivity contribution in [1.82, 2.24) is 9.55 Å². The van der Waals surface area contributed by atoms with Crippen LogP contribution in [-0.4, -0.2) is 39.4 Å². The van der Waals surface area contributed by atoms with Gasteiger partial charge in [-0.05, 0) is 73.5 Å². The molecule has 0 radical (unpaired) electrons. The van der Waals surface area contributed by atoms with Gasteiger partial charge in [-0.3, -0.25) is 19.1 Å². The number of benzene rings is 3. The molecule has 1 N–H and O–H groups in total. The van der Waals surface area contributed by atoms with Crippen molar-refractivity contribution in [2.75, 3.05) is 11.5 Å². The van der Waals surface area contributed by atoms with Crippen LogP contribution >= 0.6 is 11.8 Å². The van der Waals surface area contributed by atoms with Crippen LogP contribution in [0.5, 0.6) is 0 Å². The summed E-state index contributed by atoms with van der Waals surface area (Å²) in [5.41, 5.74) is 3.60. The summed E-state index contributed by atoms with van der Waals surface area (Å²) < 4.78 is 6.61. The zero-order valence-electron chi connectivity index (χ0n) is 21.4. The first kappa shape index (κ1) is 27.4. The van der Waals surface area contributed by atoms with E-state index in [0.29, 0.717) is 28.2 Å². The molecule has 39 heavy (non-hydrogen) atoms. The molecule has 0 aliphatic rings. The number of carbonyl (C=O) groups is 2. The van der Waals surface area contributed by atoms with E-state index in [0.717, 1.165) is 20.9 Å². The van der Waals surface area contributed by atoms with Crippen molar-refractivity contribution in [2.24, 2.45) is 0 Å². The topological polar surface area (TPSA) is 126 Å². The number of anilines is 1. The van der Waals surface area contributed by atoms with Crippen LogP contribution in [0.1, 0.15) is 25.8 Å². The summed E-state index contributed by atoms with van der Waals surface area (Å²) in [5.74, 6) is -0.0961. The number of amides is 1. The molecule has 1 atom stereocenters. The third-order valence-corrected chi connectivity index (χ3v) is 7.05. The Labute approximate surface area is 229 Å². The predicted octanol–water partition coefficient (Wildman–Crippen LogP) is 5.51. The van der Waals surface area contributed by atoms with E-state index >= 15 is 0 Å². The number of carboxylic acid groups (broad SMARTS) is 1. The van der Waals surface area contributed by atoms with Crippen molar-refractivity contribution in [2.45, 2.75) is 37.1 Å². The van der Waals surface area contributed by atoms with Crippen molar-refractivity contribution < 1.29 is 19.4 Å². The maximum absolute atomic E-state index is 12.6. The van der Waals surface area contributed by atoms with Crippen LogP contribution in [0.25, 0.3) is 22.2 Å². The number of thioether (sulfide) groups is 1. The molecule has 1 aromatic heterocycles. The standard InChI is InChI=1S/C29H26N4O5S/c1-3-38-28(35)13-19(2)33(29(36)37)23-6-4-5-21(14-23)22-9-12-26-25(15-22)31-17-27(34)32(26)18-39-24-10-7-20(16-30)8-11-24/h4-12,14-15,17,19H,3,13,18H2,1-2H3,(H,36,37). The highest BCUT2D eigenvalue weighted by atomic mass is 32.2. The van der Waals surface area contributed by atoms with Crippen LogP contribution < -0.4 is 10.5 Å². The molecule has 0 aliphatic heterocycles. The normalized spacial score (nSPS) is 11.5. The van der Waals surface area contributed by atoms with Gasteiger partial charge in [-0.15, -0.1) is 11.8 Å². The molecule has 1 unspecified atom stereocenters. The molecule has 9 nitrogen and oxygen atoms in total. The van der Waals surface area contributed by atoms with E-state index in [4.69, 9.17) is 10.00 Å². The average molecular weight is 543 g/mol. The Morgan fingerprint density at radius 3 is 2.56 bits per heavy atom. The van der Waals surface area contributed by atoms with E-state index in [1.807, 2.05) is 36.4 Å². The Kier molecular flexibility index (Phi) is 8.63. The first-order valence-corrected chi connectivity index (χ1v) is 13.2. The molecule has 0 aliphatic carbocycles. The first-order chi connectivity index (χ1) is 18.8. The van der Waals surface area contributed by atoms with Gasteiger partial charge in [0.25, 0.3) is 5.56 Å². The van der Waals surface area contributed by atoms with Gasteiger partial charge >= 0.3 is 12.1 Å². The Balaban J connectivity index is 1.61. The van der Waals surface area contributed by atoms with Gasteiger partial charge in [0.15, 0.2) is 0 Å². The number of fused-ring (bicyclic) bond motifs is 1. The molecule has 1 heterocycles. The van der Waals surface area contributed by atoms with Crippen LogP contribution in [0.2, 0.25) is 0 Å². The zero-order valence-corrected chi connectivity index (χ0v) is 22.2. The minimum atomic E-state index is -1.17. The fourth-order valence-electron chi connectivity index (χ4n) is 4.19. The molecule has 10 heteroatoms. The average Bonchev–Trinajstić information content (AvgIpc) is 2.92. The van der Waals surface area contributed by atoms with Crippen molar-refractivity contribution in [3.63, 3.8) is 0 Å². The van der Waals surface area contributed by atoms with Crippen molar-refractivity contribution in [3.8, 4) is 17.2 Å². The predicted molar refractivity (Wildman–Crippen MR) is 150 cm³/mol. The van der Waals surface area contributed by atoms with Gasteiger partial charge in [0, 0.05) is 16.6 Å². The van der Waals surface area contributed by atoms with Crippen LogP contribution in [0.15, 0.2) is 82.6 Å². The van der Waals surface area contributed by atoms with Gasteiger partial charge < -0.3 is 9.84 Å². The van der Waals surface area contributed by atoms with E-state index in [-0.39, 0.29) is 18.6 Å². The van der Waals surface area contributed by atoms with Crippen LogP contribution in [0.4, 0.5) is 10.5 Å². The highest BCUT2D eigenvalue weighted by molar-refractivity contribution is 7.98. The second-order valence-electron chi connectivity index (χ2n) is 8.70. The monoisotopic (exact) mass is 542 g/mol. The third kappa shape index (κ3) is 6.45. The van der Waals surface area contributed by atoms with Gasteiger partial charge in [0.1, 0.15) is 0 Å². The summed E-state index contributed by atoms with van der Waals surface area (Å²) in [5, 5.41) is 18.9. The van der Waals surface area contributed by atoms with Gasteiger partial charge in [0.05, 0.1) is 47.8 Å². The van der Waals surface area contributed by atoms with Crippen LogP contribution in [-0.2, 0) is 15.4 Å². The number of hydrogen-bond acceptors (Lipinski definition) is 7. The van der Waals surface area contributed by atoms with Crippen LogP contribution in [0, 0.1) is 11.3 Å². The fourth-order valence-corrected chi connectivity index (χ4v) is 5.06. The molecule has 0 saturated carbocycles. The largest absolute Gasteiger partial charge is 0.466 e. The zero-order chi connectivity index (χ0) is 27.9. The van der Waals surface area contributed by atoms with Crippen molar-refractivity contribution >= 4 is 40.5 Å². The van der Waals surface area contributed by atoms with Crippen LogP contribution in [0.3, 0.4) is 0 Å². The number of esters is 1. The molecular weight excluding hydrogens is 516 g/mol. The van der Waals surface area contributed by atoms with Crippen molar-refractivity contribution in [3.05, 3.63) is 88.8 Å². The third-order valence-electron chi connectivity index (χ3n) is 6.06. The van der Waals surface area contributed by atoms with Gasteiger partial charge in [0.2, 0.25) is 0 Å². The van der Waals surface area contributed by atoms with Crippen molar-refractivity contribution in [1.29, 1.82) is 5.26 Å². The van der Waals surface area contributed by atoms with E-state index < -0.39 is 18.1 Å². The smallest absolute Gasteiger partial charge is 0.412 e. The Bertz CT molecular complexity index is 1610. The maximum Gasteiger partial charge on any atom is 0.412 e. The number of ether oxygens (including phenoxy) is 1. The first-order valence-electron chi connectivity index (χ1n) is 12.2. The second-order valence-corrected chi connectivity index (χ2v) is 9.72. The molecule has 4 aromatic rings. The Hall–Kier alpha value is -4.62. The number of aromatic nitrogens is 2. The lowest BCUT2D eigenvalue weighted by Gasteiger charge is -2.26. The molecule has 3 aromatic carbocycles. The van der Waals surface area contributed by atoms with E-state index in [1.165, 1.54) is 18.0 Å². The highest BCUT2D eigenvalue weighted by Crippen LogP contribution is 2.29. The summed E-state index contributed by atoms with van der Waals surface area (Å²) in [6, 6.07) is 21.2. The quantitative estimate of drug-likeness (QED) is 0.217. The van der Waals surface area contributed by atoms with Gasteiger partial charge in [-0.1, -0.05) is 18.2 Å². The minimum Gasteiger partial charge on any atom is -0.466 e. The summed E-state index contributed by atoms with van der Waals surface area (Å²) in [4.78, 5) is 43.1. The minimum absolute atomic E-state index is 0.0672. The highest BCUT2D eigenvalue weighted by Gasteiger charge is 2.24. The number of nitriles is 1. The molecule has 1 amide bonds. The molecule has 0 fully saturated rings. The van der Waals surface area contributed by atoms with E-state index in [2.05, 4.69) is 11.1 Å². The number of carbonyl (C=O) groups excluding carboxylic acids is 1. The molecule has 0 bridgehead atoms. The number of hydrogen-bond donors (Lipinski definition) is 1. The summed E-state index contributed by atoms with van der Waals surface area (Å²) in [6.45, 7) is 3.59. The molecule has 0 saturated heterocycles. The lowest BCUT2D eigenvalue weighted by molar-refractivity contribution is -0.143.